The van der Waals surface area contributed by atoms with E-state index >= 15 is 0 Å². The van der Waals surface area contributed by atoms with Crippen LogP contribution in [-0.2, 0) is 0 Å². The second kappa shape index (κ2) is 1.76. The van der Waals surface area contributed by atoms with Crippen molar-refractivity contribution >= 4 is 45.2 Å². The summed E-state index contributed by atoms with van der Waals surface area (Å²) in [5.41, 5.74) is 0. The third kappa shape index (κ3) is 0.827. The fourth-order valence-corrected chi connectivity index (χ4v) is 2.89. The third-order valence-corrected chi connectivity index (χ3v) is 6.36. The minimum atomic E-state index is 0.975. The lowest BCUT2D eigenvalue weighted by atomic mass is 10.5. The number of rotatable bonds is 0. The van der Waals surface area contributed by atoms with Gasteiger partial charge in [-0.15, -0.1) is 0 Å². The maximum Gasteiger partial charge on any atom is 0.0266 e. The summed E-state index contributed by atoms with van der Waals surface area (Å²) in [4.78, 5) is 0. The van der Waals surface area contributed by atoms with Gasteiger partial charge in [0.15, 0.2) is 0 Å². The van der Waals surface area contributed by atoms with E-state index in [1.807, 2.05) is 0 Å². The van der Waals surface area contributed by atoms with Crippen LogP contribution in [0.15, 0.2) is 0 Å². The third-order valence-electron chi connectivity index (χ3n) is 1.17. The van der Waals surface area contributed by atoms with E-state index in [2.05, 4.69) is 52.1 Å². The van der Waals surface area contributed by atoms with Crippen LogP contribution < -0.4 is 0 Å². The molecule has 0 bridgehead atoms. The van der Waals surface area contributed by atoms with E-state index in [0.717, 1.165) is 13.8 Å². The van der Waals surface area contributed by atoms with E-state index in [4.69, 9.17) is 0 Å². The molecule has 0 aromatic rings. The zero-order valence-corrected chi connectivity index (χ0v) is 7.80. The van der Waals surface area contributed by atoms with Crippen LogP contribution in [0.3, 0.4) is 0 Å². The van der Waals surface area contributed by atoms with Gasteiger partial charge < -0.3 is 0 Å². The minimum absolute atomic E-state index is 0.975. The number of hydrogen-bond acceptors (Lipinski definition) is 0. The van der Waals surface area contributed by atoms with Crippen LogP contribution in [0.25, 0.3) is 0 Å². The molecule has 0 N–H and O–H groups in total. The van der Waals surface area contributed by atoms with Crippen molar-refractivity contribution in [3.8, 4) is 0 Å². The Hall–Kier alpha value is 1.46. The van der Waals surface area contributed by atoms with Crippen LogP contribution >= 0.6 is 45.2 Å². The lowest BCUT2D eigenvalue weighted by Crippen LogP contribution is -1.61. The first kappa shape index (κ1) is 5.59. The summed E-state index contributed by atoms with van der Waals surface area (Å²) in [7, 11) is 0. The van der Waals surface area contributed by atoms with Crippen LogP contribution in [0.2, 0.25) is 0 Å². The van der Waals surface area contributed by atoms with Gasteiger partial charge in [-0.25, -0.2) is 0 Å². The molecular weight excluding hydrogens is 302 g/mol. The molecule has 1 fully saturated rings. The highest BCUT2D eigenvalue weighted by Crippen LogP contribution is 2.44. The van der Waals surface area contributed by atoms with Crippen molar-refractivity contribution in [1.29, 1.82) is 0 Å². The van der Waals surface area contributed by atoms with E-state index in [-0.39, 0.29) is 0 Å². The van der Waals surface area contributed by atoms with E-state index in [1.165, 1.54) is 0 Å². The molecule has 0 spiro atoms. The molecule has 2 unspecified atom stereocenters. The van der Waals surface area contributed by atoms with Gasteiger partial charge in [0, 0.05) is 7.85 Å². The predicted octanol–water partition coefficient (Wildman–Crippen LogP) is 2.24. The summed E-state index contributed by atoms with van der Waals surface area (Å²) in [5.74, 6) is 0.992. The second-order valence-corrected chi connectivity index (χ2v) is 4.62. The number of alkyl halides is 2. The van der Waals surface area contributed by atoms with Crippen LogP contribution in [0.5, 0.6) is 0 Å². The number of hydrogen-bond donors (Lipinski definition) is 0. The maximum atomic E-state index is 2.50. The van der Waals surface area contributed by atoms with Crippen molar-refractivity contribution in [1.82, 2.24) is 0 Å². The molecule has 1 saturated carbocycles. The summed E-state index contributed by atoms with van der Waals surface area (Å²) in [6.07, 6.45) is 0. The first-order valence-corrected chi connectivity index (χ1v) is 4.51. The molecule has 36 valence electrons. The smallest absolute Gasteiger partial charge is 0.0266 e. The molecule has 0 aromatic carbocycles. The van der Waals surface area contributed by atoms with Crippen LogP contribution in [0.4, 0.5) is 0 Å². The van der Waals surface area contributed by atoms with Gasteiger partial charge in [0.25, 0.3) is 0 Å². The average Bonchev–Trinajstić information content (AvgIpc) is 1.94. The zero-order chi connectivity index (χ0) is 4.73. The van der Waals surface area contributed by atoms with Crippen molar-refractivity contribution in [2.45, 2.75) is 14.8 Å². The van der Waals surface area contributed by atoms with Gasteiger partial charge in [0.2, 0.25) is 0 Å². The Kier molecular flexibility index (Phi) is 1.64. The normalized spacial score (nSPS) is 55.5. The van der Waals surface area contributed by atoms with Crippen LogP contribution in [-0.4, -0.2) is 7.85 Å². The van der Waals surface area contributed by atoms with Gasteiger partial charge in [-0.1, -0.05) is 52.1 Å². The molecular formula is C4H6I2. The molecule has 0 nitrogen and oxygen atoms in total. The average molecular weight is 308 g/mol. The topological polar surface area (TPSA) is 0 Å². The van der Waals surface area contributed by atoms with Gasteiger partial charge in [0.1, 0.15) is 0 Å². The fourth-order valence-electron chi connectivity index (χ4n) is 0.368. The van der Waals surface area contributed by atoms with Crippen molar-refractivity contribution in [2.75, 3.05) is 0 Å². The molecule has 3 atom stereocenters. The Balaban J connectivity index is 2.31. The Labute approximate surface area is 65.4 Å². The zero-order valence-electron chi connectivity index (χ0n) is 3.49. The van der Waals surface area contributed by atoms with E-state index < -0.39 is 0 Å². The highest BCUT2D eigenvalue weighted by molar-refractivity contribution is 14.1. The first-order valence-electron chi connectivity index (χ1n) is 2.01. The molecule has 0 aromatic heterocycles. The molecule has 0 saturated heterocycles. The van der Waals surface area contributed by atoms with E-state index in [9.17, 15) is 0 Å². The quantitative estimate of drug-likeness (QED) is 0.476. The van der Waals surface area contributed by atoms with E-state index in [0.29, 0.717) is 0 Å². The molecule has 0 aliphatic heterocycles. The SMILES string of the molecule is CC1C(I)[C@@H]1I. The lowest BCUT2D eigenvalue weighted by molar-refractivity contribution is 1.01. The van der Waals surface area contributed by atoms with Crippen molar-refractivity contribution in [2.24, 2.45) is 5.92 Å². The van der Waals surface area contributed by atoms with Crippen molar-refractivity contribution < 1.29 is 0 Å². The lowest BCUT2D eigenvalue weighted by Gasteiger charge is -1.64. The van der Waals surface area contributed by atoms with Crippen LogP contribution in [0, 0.1) is 5.92 Å². The number of halogens is 2. The van der Waals surface area contributed by atoms with Gasteiger partial charge in [-0.2, -0.15) is 0 Å². The Bertz CT molecular complexity index is 42.3. The summed E-state index contributed by atoms with van der Waals surface area (Å²) in [5, 5.41) is 0. The molecule has 1 aliphatic rings. The van der Waals surface area contributed by atoms with Crippen molar-refractivity contribution in [3.05, 3.63) is 0 Å². The van der Waals surface area contributed by atoms with Gasteiger partial charge in [-0.3, -0.25) is 0 Å². The summed E-state index contributed by atoms with van der Waals surface area (Å²) < 4.78 is 1.95. The molecule has 0 heterocycles. The molecule has 0 radical (unpaired) electrons. The Morgan fingerprint density at radius 1 is 1.17 bits per heavy atom. The summed E-state index contributed by atoms with van der Waals surface area (Å²) in [6, 6.07) is 0. The van der Waals surface area contributed by atoms with Crippen molar-refractivity contribution in [3.63, 3.8) is 0 Å². The molecule has 6 heavy (non-hydrogen) atoms. The summed E-state index contributed by atoms with van der Waals surface area (Å²) >= 11 is 5.00. The maximum absolute atomic E-state index is 2.50. The monoisotopic (exact) mass is 308 g/mol. The van der Waals surface area contributed by atoms with E-state index in [1.54, 1.807) is 0 Å². The Morgan fingerprint density at radius 2 is 1.33 bits per heavy atom. The second-order valence-electron chi connectivity index (χ2n) is 1.75. The van der Waals surface area contributed by atoms with Crippen LogP contribution in [0.1, 0.15) is 6.92 Å². The summed E-state index contributed by atoms with van der Waals surface area (Å²) in [6.45, 7) is 2.30. The standard InChI is InChI=1S/C4H6I2/c1-2-3(5)4(2)6/h2-4H,1H3/t2?,3-,4?/m1/s1. The highest BCUT2D eigenvalue weighted by Gasteiger charge is 2.42. The Morgan fingerprint density at radius 3 is 1.33 bits per heavy atom. The molecule has 2 heteroatoms. The van der Waals surface area contributed by atoms with Gasteiger partial charge in [0.05, 0.1) is 0 Å². The highest BCUT2D eigenvalue weighted by atomic mass is 127. The first-order chi connectivity index (χ1) is 2.73. The fraction of sp³-hybridized carbons (Fsp3) is 1.00. The predicted molar refractivity (Wildman–Crippen MR) is 44.8 cm³/mol. The minimum Gasteiger partial charge on any atom is -0.0811 e. The molecule has 1 aliphatic carbocycles. The molecule has 0 amide bonds. The van der Waals surface area contributed by atoms with Gasteiger partial charge >= 0.3 is 0 Å². The van der Waals surface area contributed by atoms with Gasteiger partial charge in [-0.05, 0) is 5.92 Å². The largest absolute Gasteiger partial charge is 0.0811 e. The molecule has 1 rings (SSSR count).